The molecule has 0 aliphatic carbocycles. The van der Waals surface area contributed by atoms with Gasteiger partial charge in [-0.1, -0.05) is 0 Å². The molecule has 1 aliphatic rings. The summed E-state index contributed by atoms with van der Waals surface area (Å²) in [6.45, 7) is 0.806. The quantitative estimate of drug-likeness (QED) is 0.684. The molecule has 0 radical (unpaired) electrons. The predicted molar refractivity (Wildman–Crippen MR) is 104 cm³/mol. The Morgan fingerprint density at radius 1 is 1.07 bits per heavy atom. The van der Waals surface area contributed by atoms with Crippen LogP contribution in [-0.4, -0.2) is 40.3 Å². The van der Waals surface area contributed by atoms with Crippen molar-refractivity contribution in [2.45, 2.75) is 16.2 Å². The molecule has 0 unspecified atom stereocenters. The molecule has 0 saturated carbocycles. The summed E-state index contributed by atoms with van der Waals surface area (Å²) in [5.41, 5.74) is 0.674. The molecule has 1 aliphatic heterocycles. The molecule has 0 saturated heterocycles. The van der Waals surface area contributed by atoms with Crippen molar-refractivity contribution in [3.05, 3.63) is 42.5 Å². The highest BCUT2D eigenvalue weighted by molar-refractivity contribution is 7.98. The van der Waals surface area contributed by atoms with E-state index in [1.54, 1.807) is 17.8 Å². The zero-order valence-electron chi connectivity index (χ0n) is 14.7. The Morgan fingerprint density at radius 3 is 2.48 bits per heavy atom. The van der Waals surface area contributed by atoms with Gasteiger partial charge in [0, 0.05) is 29.6 Å². The molecule has 0 fully saturated rings. The summed E-state index contributed by atoms with van der Waals surface area (Å²) in [6.07, 6.45) is 2.00. The number of carbonyl (C=O) groups is 1. The second kappa shape index (κ2) is 8.64. The number of amides is 1. The van der Waals surface area contributed by atoms with Gasteiger partial charge < -0.3 is 14.8 Å². The van der Waals surface area contributed by atoms with Gasteiger partial charge in [-0.2, -0.15) is 0 Å². The van der Waals surface area contributed by atoms with Crippen LogP contribution in [0.1, 0.15) is 6.42 Å². The van der Waals surface area contributed by atoms with Gasteiger partial charge in [-0.25, -0.2) is 13.1 Å². The first kappa shape index (κ1) is 19.5. The van der Waals surface area contributed by atoms with E-state index in [9.17, 15) is 13.2 Å². The van der Waals surface area contributed by atoms with Crippen LogP contribution in [0, 0.1) is 0 Å². The number of carbonyl (C=O) groups excluding carboxylic acids is 1. The number of benzene rings is 2. The molecule has 0 atom stereocenters. The molecule has 2 aromatic rings. The van der Waals surface area contributed by atoms with Crippen LogP contribution >= 0.6 is 11.8 Å². The number of hydrogen-bond donors (Lipinski definition) is 2. The molecule has 3 rings (SSSR count). The van der Waals surface area contributed by atoms with Gasteiger partial charge in [-0.15, -0.1) is 11.8 Å². The van der Waals surface area contributed by atoms with Crippen LogP contribution in [0.5, 0.6) is 11.5 Å². The predicted octanol–water partition coefficient (Wildman–Crippen LogP) is 2.49. The number of anilines is 1. The van der Waals surface area contributed by atoms with E-state index in [0.717, 1.165) is 4.90 Å². The van der Waals surface area contributed by atoms with Gasteiger partial charge in [0.1, 0.15) is 13.2 Å². The molecule has 0 aromatic heterocycles. The van der Waals surface area contributed by atoms with E-state index >= 15 is 0 Å². The molecule has 7 nitrogen and oxygen atoms in total. The first-order chi connectivity index (χ1) is 13.0. The van der Waals surface area contributed by atoms with Crippen molar-refractivity contribution < 1.29 is 22.7 Å². The monoisotopic (exact) mass is 408 g/mol. The van der Waals surface area contributed by atoms with Crippen LogP contribution in [0.15, 0.2) is 52.3 Å². The minimum absolute atomic E-state index is 0.00843. The smallest absolute Gasteiger partial charge is 0.240 e. The van der Waals surface area contributed by atoms with Gasteiger partial charge in [0.25, 0.3) is 0 Å². The third-order valence-corrected chi connectivity index (χ3v) is 6.04. The van der Waals surface area contributed by atoms with Crippen LogP contribution < -0.4 is 19.5 Å². The summed E-state index contributed by atoms with van der Waals surface area (Å²) in [6, 6.07) is 11.9. The Kier molecular flexibility index (Phi) is 6.25. The number of nitrogens with one attached hydrogen (secondary N) is 2. The average molecular weight is 409 g/mol. The topological polar surface area (TPSA) is 93.7 Å². The number of ether oxygens (including phenoxy) is 2. The van der Waals surface area contributed by atoms with Crippen LogP contribution in [0.3, 0.4) is 0 Å². The lowest BCUT2D eigenvalue weighted by Crippen LogP contribution is -2.28. The SMILES string of the molecule is CSc1ccc(NC(=O)CCNS(=O)(=O)c2ccc3c(c2)OCCO3)cc1. The van der Waals surface area contributed by atoms with Crippen LogP contribution in [-0.2, 0) is 14.8 Å². The molecular weight excluding hydrogens is 388 g/mol. The zero-order chi connectivity index (χ0) is 19.3. The van der Waals surface area contributed by atoms with Crippen molar-refractivity contribution in [3.8, 4) is 11.5 Å². The van der Waals surface area contributed by atoms with Gasteiger partial charge in [0.05, 0.1) is 4.90 Å². The minimum atomic E-state index is -3.74. The largest absolute Gasteiger partial charge is 0.486 e. The third kappa shape index (κ3) is 5.15. The lowest BCUT2D eigenvalue weighted by Gasteiger charge is -2.18. The van der Waals surface area contributed by atoms with Crippen molar-refractivity contribution in [1.82, 2.24) is 4.72 Å². The van der Waals surface area contributed by atoms with E-state index in [1.807, 2.05) is 30.5 Å². The summed E-state index contributed by atoms with van der Waals surface area (Å²) in [4.78, 5) is 13.2. The van der Waals surface area contributed by atoms with E-state index < -0.39 is 10.0 Å². The summed E-state index contributed by atoms with van der Waals surface area (Å²) < 4.78 is 38.0. The minimum Gasteiger partial charge on any atom is -0.486 e. The highest BCUT2D eigenvalue weighted by Gasteiger charge is 2.19. The van der Waals surface area contributed by atoms with Crippen LogP contribution in [0.4, 0.5) is 5.69 Å². The first-order valence-corrected chi connectivity index (χ1v) is 11.0. The Labute approximate surface area is 162 Å². The zero-order valence-corrected chi connectivity index (χ0v) is 16.4. The average Bonchev–Trinajstić information content (AvgIpc) is 2.68. The third-order valence-electron chi connectivity index (χ3n) is 3.84. The second-order valence-electron chi connectivity index (χ2n) is 5.73. The van der Waals surface area contributed by atoms with Gasteiger partial charge in [0.2, 0.25) is 15.9 Å². The molecule has 0 spiro atoms. The van der Waals surface area contributed by atoms with Crippen molar-refractivity contribution in [3.63, 3.8) is 0 Å². The summed E-state index contributed by atoms with van der Waals surface area (Å²) in [5, 5.41) is 2.74. The molecule has 27 heavy (non-hydrogen) atoms. The van der Waals surface area contributed by atoms with Crippen LogP contribution in [0.25, 0.3) is 0 Å². The number of hydrogen-bond acceptors (Lipinski definition) is 6. The van der Waals surface area contributed by atoms with Crippen molar-refractivity contribution >= 4 is 33.4 Å². The fourth-order valence-corrected chi connectivity index (χ4v) is 3.93. The maximum absolute atomic E-state index is 12.4. The van der Waals surface area contributed by atoms with Crippen molar-refractivity contribution in [2.75, 3.05) is 31.3 Å². The number of fused-ring (bicyclic) bond motifs is 1. The van der Waals surface area contributed by atoms with Gasteiger partial charge >= 0.3 is 0 Å². The van der Waals surface area contributed by atoms with E-state index in [4.69, 9.17) is 9.47 Å². The Bertz CT molecular complexity index is 914. The highest BCUT2D eigenvalue weighted by Crippen LogP contribution is 2.32. The van der Waals surface area contributed by atoms with Gasteiger partial charge in [0.15, 0.2) is 11.5 Å². The number of sulfonamides is 1. The Morgan fingerprint density at radius 2 is 1.78 bits per heavy atom. The van der Waals surface area contributed by atoms with Crippen LogP contribution in [0.2, 0.25) is 0 Å². The van der Waals surface area contributed by atoms with Crippen molar-refractivity contribution in [1.29, 1.82) is 0 Å². The summed E-state index contributed by atoms with van der Waals surface area (Å²) in [7, 11) is -3.74. The Hall–Kier alpha value is -2.23. The molecule has 0 bridgehead atoms. The second-order valence-corrected chi connectivity index (χ2v) is 8.38. The maximum atomic E-state index is 12.4. The van der Waals surface area contributed by atoms with E-state index in [2.05, 4.69) is 10.0 Å². The molecule has 2 aromatic carbocycles. The molecule has 1 amide bonds. The lowest BCUT2D eigenvalue weighted by molar-refractivity contribution is -0.116. The molecule has 1 heterocycles. The van der Waals surface area contributed by atoms with Gasteiger partial charge in [-0.3, -0.25) is 4.79 Å². The lowest BCUT2D eigenvalue weighted by atomic mass is 10.3. The fraction of sp³-hybridized carbons (Fsp3) is 0.278. The number of thioether (sulfide) groups is 1. The fourth-order valence-electron chi connectivity index (χ4n) is 2.47. The number of rotatable bonds is 7. The van der Waals surface area contributed by atoms with E-state index in [-0.39, 0.29) is 23.8 Å². The maximum Gasteiger partial charge on any atom is 0.240 e. The van der Waals surface area contributed by atoms with Crippen molar-refractivity contribution in [2.24, 2.45) is 0 Å². The normalized spacial score (nSPS) is 13.2. The highest BCUT2D eigenvalue weighted by atomic mass is 32.2. The molecule has 144 valence electrons. The molecule has 2 N–H and O–H groups in total. The molecular formula is C18H20N2O5S2. The standard InChI is InChI=1S/C18H20N2O5S2/c1-26-14-4-2-13(3-5-14)20-18(21)8-9-19-27(22,23)15-6-7-16-17(12-15)25-11-10-24-16/h2-7,12,19H,8-11H2,1H3,(H,20,21). The van der Waals surface area contributed by atoms with Gasteiger partial charge in [-0.05, 0) is 42.7 Å². The first-order valence-electron chi connectivity index (χ1n) is 8.31. The Balaban J connectivity index is 1.53. The summed E-state index contributed by atoms with van der Waals surface area (Å²) in [5.74, 6) is 0.652. The molecule has 9 heteroatoms. The van der Waals surface area contributed by atoms with E-state index in [1.165, 1.54) is 12.1 Å². The summed E-state index contributed by atoms with van der Waals surface area (Å²) >= 11 is 1.61. The van der Waals surface area contributed by atoms with E-state index in [0.29, 0.717) is 30.4 Å².